The average Bonchev–Trinajstić information content (AvgIpc) is 3.12. The van der Waals surface area contributed by atoms with E-state index in [0.29, 0.717) is 23.0 Å². The Hall–Kier alpha value is -2.14. The van der Waals surface area contributed by atoms with Gasteiger partial charge in [0.05, 0.1) is 16.8 Å². The molecule has 0 unspecified atom stereocenters. The molecule has 1 amide bonds. The molecule has 1 aliphatic rings. The molecule has 1 aromatic heterocycles. The lowest BCUT2D eigenvalue weighted by atomic mass is 10.1. The van der Waals surface area contributed by atoms with E-state index in [1.807, 2.05) is 0 Å². The van der Waals surface area contributed by atoms with Crippen LogP contribution in [0.25, 0.3) is 0 Å². The smallest absolute Gasteiger partial charge is 0.233 e. The monoisotopic (exact) mass is 413 g/mol. The summed E-state index contributed by atoms with van der Waals surface area (Å²) in [7, 11) is -3.06. The topological polar surface area (TPSA) is 120 Å². The van der Waals surface area contributed by atoms with Crippen molar-refractivity contribution in [3.05, 3.63) is 41.5 Å². The Labute approximate surface area is 160 Å². The first-order chi connectivity index (χ1) is 12.7. The predicted molar refractivity (Wildman–Crippen MR) is 99.9 cm³/mol. The van der Waals surface area contributed by atoms with E-state index in [1.165, 1.54) is 10.7 Å². The number of nitrogens with zero attached hydrogens (tertiary/aromatic N) is 3. The van der Waals surface area contributed by atoms with Crippen LogP contribution in [0.4, 0.5) is 4.39 Å². The summed E-state index contributed by atoms with van der Waals surface area (Å²) in [5.74, 6) is 5.78. The van der Waals surface area contributed by atoms with Crippen molar-refractivity contribution in [1.29, 1.82) is 0 Å². The van der Waals surface area contributed by atoms with Crippen molar-refractivity contribution in [3.8, 4) is 0 Å². The minimum Gasteiger partial charge on any atom is -0.351 e. The highest BCUT2D eigenvalue weighted by atomic mass is 32.2. The van der Waals surface area contributed by atoms with Crippen LogP contribution >= 0.6 is 11.8 Å². The van der Waals surface area contributed by atoms with E-state index in [4.69, 9.17) is 5.84 Å². The molecule has 0 radical (unpaired) electrons. The highest BCUT2D eigenvalue weighted by molar-refractivity contribution is 8.00. The van der Waals surface area contributed by atoms with E-state index in [9.17, 15) is 17.6 Å². The number of benzene rings is 1. The molecule has 27 heavy (non-hydrogen) atoms. The number of hydrogen-bond acceptors (Lipinski definition) is 7. The van der Waals surface area contributed by atoms with Gasteiger partial charge < -0.3 is 11.2 Å². The molecule has 1 saturated heterocycles. The SMILES string of the molecule is C[C@@H](Sc1nnc(Cc2ccccc2F)n1N)C(=O)N[C@@H]1CCS(=O)(=O)C1. The number of amides is 1. The van der Waals surface area contributed by atoms with Gasteiger partial charge in [-0.1, -0.05) is 30.0 Å². The van der Waals surface area contributed by atoms with Crippen molar-refractivity contribution in [2.45, 2.75) is 36.2 Å². The largest absolute Gasteiger partial charge is 0.351 e. The zero-order valence-electron chi connectivity index (χ0n) is 14.6. The number of thioether (sulfide) groups is 1. The van der Waals surface area contributed by atoms with E-state index in [1.54, 1.807) is 25.1 Å². The molecule has 0 spiro atoms. The van der Waals surface area contributed by atoms with Gasteiger partial charge in [-0.3, -0.25) is 4.79 Å². The van der Waals surface area contributed by atoms with Crippen molar-refractivity contribution in [3.63, 3.8) is 0 Å². The molecular weight excluding hydrogens is 393 g/mol. The number of rotatable bonds is 6. The van der Waals surface area contributed by atoms with Gasteiger partial charge in [-0.2, -0.15) is 0 Å². The van der Waals surface area contributed by atoms with E-state index >= 15 is 0 Å². The van der Waals surface area contributed by atoms with Gasteiger partial charge in [-0.05, 0) is 25.0 Å². The Morgan fingerprint density at radius 1 is 1.44 bits per heavy atom. The minimum atomic E-state index is -3.06. The number of nitrogens with two attached hydrogens (primary N) is 1. The molecule has 2 aromatic rings. The van der Waals surface area contributed by atoms with Crippen LogP contribution in [0.2, 0.25) is 0 Å². The number of carbonyl (C=O) groups is 1. The number of nitrogen functional groups attached to an aromatic ring is 1. The molecule has 3 N–H and O–H groups in total. The average molecular weight is 414 g/mol. The van der Waals surface area contributed by atoms with E-state index < -0.39 is 15.1 Å². The lowest BCUT2D eigenvalue weighted by molar-refractivity contribution is -0.120. The van der Waals surface area contributed by atoms with Crippen molar-refractivity contribution in [1.82, 2.24) is 20.2 Å². The molecule has 3 rings (SSSR count). The lowest BCUT2D eigenvalue weighted by Gasteiger charge is -2.15. The number of hydrogen-bond donors (Lipinski definition) is 2. The van der Waals surface area contributed by atoms with Crippen LogP contribution in [-0.4, -0.2) is 52.0 Å². The molecular formula is C16H20FN5O3S2. The number of aromatic nitrogens is 3. The first-order valence-corrected chi connectivity index (χ1v) is 11.1. The summed E-state index contributed by atoms with van der Waals surface area (Å²) >= 11 is 1.11. The summed E-state index contributed by atoms with van der Waals surface area (Å²) in [4.78, 5) is 12.3. The van der Waals surface area contributed by atoms with Gasteiger partial charge in [-0.15, -0.1) is 10.2 Å². The van der Waals surface area contributed by atoms with Gasteiger partial charge in [0.1, 0.15) is 5.82 Å². The van der Waals surface area contributed by atoms with Crippen LogP contribution in [0.5, 0.6) is 0 Å². The Morgan fingerprint density at radius 2 is 2.19 bits per heavy atom. The summed E-state index contributed by atoms with van der Waals surface area (Å²) in [6.45, 7) is 1.68. The van der Waals surface area contributed by atoms with Crippen LogP contribution < -0.4 is 11.2 Å². The summed E-state index contributed by atoms with van der Waals surface area (Å²) < 4.78 is 38.0. The van der Waals surface area contributed by atoms with Crippen molar-refractivity contribution in [2.24, 2.45) is 0 Å². The minimum absolute atomic E-state index is 0.0318. The summed E-state index contributed by atoms with van der Waals surface area (Å²) in [6.07, 6.45) is 0.600. The summed E-state index contributed by atoms with van der Waals surface area (Å²) in [5.41, 5.74) is 0.446. The second-order valence-electron chi connectivity index (χ2n) is 6.41. The van der Waals surface area contributed by atoms with Crippen LogP contribution in [0.15, 0.2) is 29.4 Å². The van der Waals surface area contributed by atoms with E-state index in [2.05, 4.69) is 15.5 Å². The quantitative estimate of drug-likeness (QED) is 0.523. The molecule has 146 valence electrons. The second kappa shape index (κ2) is 7.85. The Kier molecular flexibility index (Phi) is 5.70. The van der Waals surface area contributed by atoms with Crippen molar-refractivity contribution in [2.75, 3.05) is 17.3 Å². The molecule has 0 saturated carbocycles. The number of nitrogens with one attached hydrogen (secondary N) is 1. The molecule has 11 heteroatoms. The Morgan fingerprint density at radius 3 is 2.85 bits per heavy atom. The molecule has 8 nitrogen and oxygen atoms in total. The highest BCUT2D eigenvalue weighted by Crippen LogP contribution is 2.22. The molecule has 2 atom stereocenters. The number of sulfone groups is 1. The Balaban J connectivity index is 1.61. The first-order valence-electron chi connectivity index (χ1n) is 8.35. The summed E-state index contributed by atoms with van der Waals surface area (Å²) in [6, 6.07) is 5.96. The third kappa shape index (κ3) is 4.78. The zero-order chi connectivity index (χ0) is 19.6. The van der Waals surface area contributed by atoms with Crippen LogP contribution in [0.3, 0.4) is 0 Å². The molecule has 1 aliphatic heterocycles. The van der Waals surface area contributed by atoms with Gasteiger partial charge in [0.25, 0.3) is 0 Å². The van der Waals surface area contributed by atoms with Crippen LogP contribution in [0.1, 0.15) is 24.7 Å². The fraction of sp³-hybridized carbons (Fsp3) is 0.438. The third-order valence-electron chi connectivity index (χ3n) is 4.27. The molecule has 0 aliphatic carbocycles. The maximum atomic E-state index is 13.8. The van der Waals surface area contributed by atoms with Gasteiger partial charge in [0.15, 0.2) is 15.7 Å². The van der Waals surface area contributed by atoms with E-state index in [0.717, 1.165) is 11.8 Å². The highest BCUT2D eigenvalue weighted by Gasteiger charge is 2.30. The van der Waals surface area contributed by atoms with Crippen molar-refractivity contribution < 1.29 is 17.6 Å². The fourth-order valence-corrected chi connectivity index (χ4v) is 5.23. The molecule has 1 fully saturated rings. The number of halogens is 1. The Bertz CT molecular complexity index is 947. The van der Waals surface area contributed by atoms with E-state index in [-0.39, 0.29) is 35.7 Å². The maximum Gasteiger partial charge on any atom is 0.233 e. The summed E-state index contributed by atoms with van der Waals surface area (Å²) in [5, 5.41) is 10.5. The van der Waals surface area contributed by atoms with Gasteiger partial charge >= 0.3 is 0 Å². The molecule has 1 aromatic carbocycles. The normalized spacial score (nSPS) is 19.7. The fourth-order valence-electron chi connectivity index (χ4n) is 2.76. The lowest BCUT2D eigenvalue weighted by Crippen LogP contribution is -2.40. The van der Waals surface area contributed by atoms with Crippen LogP contribution in [0, 0.1) is 5.82 Å². The predicted octanol–water partition coefficient (Wildman–Crippen LogP) is 0.506. The molecule has 2 heterocycles. The molecule has 0 bridgehead atoms. The zero-order valence-corrected chi connectivity index (χ0v) is 16.3. The van der Waals surface area contributed by atoms with Gasteiger partial charge in [0, 0.05) is 12.5 Å². The van der Waals surface area contributed by atoms with Gasteiger partial charge in [-0.25, -0.2) is 17.5 Å². The van der Waals surface area contributed by atoms with Gasteiger partial charge in [0.2, 0.25) is 11.1 Å². The van der Waals surface area contributed by atoms with Crippen molar-refractivity contribution >= 4 is 27.5 Å². The third-order valence-corrected chi connectivity index (χ3v) is 7.10. The maximum absolute atomic E-state index is 13.8. The number of carbonyl (C=O) groups excluding carboxylic acids is 1. The first kappa shape index (κ1) is 19.6. The second-order valence-corrected chi connectivity index (χ2v) is 9.94. The van der Waals surface area contributed by atoms with Crippen LogP contribution in [-0.2, 0) is 21.1 Å². The standard InChI is InChI=1S/C16H20FN5O3S2/c1-10(15(23)19-12-6-7-27(24,25)9-12)26-16-21-20-14(22(16)18)8-11-4-2-3-5-13(11)17/h2-5,10,12H,6-9,18H2,1H3,(H,19,23)/t10-,12-/m1/s1.